The molecule has 1 heterocycles. The lowest BCUT2D eigenvalue weighted by atomic mass is 9.96. The van der Waals surface area contributed by atoms with E-state index >= 15 is 0 Å². The van der Waals surface area contributed by atoms with Crippen LogP contribution in [0.25, 0.3) is 0 Å². The summed E-state index contributed by atoms with van der Waals surface area (Å²) in [5.74, 6) is 0.611. The van der Waals surface area contributed by atoms with E-state index in [1.54, 1.807) is 0 Å². The zero-order valence-electron chi connectivity index (χ0n) is 11.6. The highest BCUT2D eigenvalue weighted by molar-refractivity contribution is 8.15. The summed E-state index contributed by atoms with van der Waals surface area (Å²) in [5.41, 5.74) is 4.06. The van der Waals surface area contributed by atoms with Crippen LogP contribution in [0.4, 0.5) is 4.79 Å². The van der Waals surface area contributed by atoms with Crippen molar-refractivity contribution in [1.29, 1.82) is 0 Å². The van der Waals surface area contributed by atoms with Crippen molar-refractivity contribution in [2.24, 2.45) is 5.92 Å². The molecule has 4 heteroatoms. The van der Waals surface area contributed by atoms with Crippen LogP contribution < -0.4 is 5.32 Å². The third-order valence-corrected chi connectivity index (χ3v) is 5.15. The minimum atomic E-state index is -0.259. The first-order chi connectivity index (χ1) is 9.61. The summed E-state index contributed by atoms with van der Waals surface area (Å²) in [7, 11) is 0. The molecule has 2 unspecified atom stereocenters. The predicted molar refractivity (Wildman–Crippen MR) is 80.9 cm³/mol. The number of imide groups is 1. The maximum Gasteiger partial charge on any atom is 0.286 e. The van der Waals surface area contributed by atoms with E-state index in [1.165, 1.54) is 29.5 Å². The van der Waals surface area contributed by atoms with Crippen LogP contribution in [0.3, 0.4) is 0 Å². The van der Waals surface area contributed by atoms with Gasteiger partial charge >= 0.3 is 0 Å². The van der Waals surface area contributed by atoms with E-state index in [-0.39, 0.29) is 16.4 Å². The molecule has 0 spiro atoms. The van der Waals surface area contributed by atoms with Crippen molar-refractivity contribution in [3.8, 4) is 0 Å². The van der Waals surface area contributed by atoms with E-state index in [9.17, 15) is 9.59 Å². The molecule has 1 fully saturated rings. The lowest BCUT2D eigenvalue weighted by Crippen LogP contribution is -2.25. The molecule has 3 nitrogen and oxygen atoms in total. The van der Waals surface area contributed by atoms with Crippen molar-refractivity contribution in [3.63, 3.8) is 0 Å². The van der Waals surface area contributed by atoms with Gasteiger partial charge in [0.15, 0.2) is 0 Å². The third kappa shape index (κ3) is 2.90. The first-order valence-corrected chi connectivity index (χ1v) is 8.12. The van der Waals surface area contributed by atoms with Gasteiger partial charge in [-0.1, -0.05) is 43.3 Å². The minimum absolute atomic E-state index is 0.149. The van der Waals surface area contributed by atoms with Crippen LogP contribution >= 0.6 is 11.8 Å². The molecule has 1 aromatic carbocycles. The summed E-state index contributed by atoms with van der Waals surface area (Å²) >= 11 is 1.11. The van der Waals surface area contributed by atoms with E-state index in [2.05, 4.69) is 30.4 Å². The van der Waals surface area contributed by atoms with Gasteiger partial charge in [0, 0.05) is 0 Å². The van der Waals surface area contributed by atoms with Gasteiger partial charge in [-0.05, 0) is 48.3 Å². The Morgan fingerprint density at radius 1 is 1.30 bits per heavy atom. The Hall–Kier alpha value is -1.29. The molecular weight excluding hydrogens is 270 g/mol. The van der Waals surface area contributed by atoms with Crippen molar-refractivity contribution in [1.82, 2.24) is 5.32 Å². The number of fused-ring (bicyclic) bond motifs is 1. The molecule has 1 saturated heterocycles. The van der Waals surface area contributed by atoms with Gasteiger partial charge in [0.1, 0.15) is 0 Å². The van der Waals surface area contributed by atoms with Gasteiger partial charge < -0.3 is 0 Å². The van der Waals surface area contributed by atoms with Gasteiger partial charge in [0.25, 0.3) is 5.24 Å². The molecule has 2 amide bonds. The first kappa shape index (κ1) is 13.7. The van der Waals surface area contributed by atoms with Crippen LogP contribution in [0.5, 0.6) is 0 Å². The molecule has 2 aliphatic rings. The van der Waals surface area contributed by atoms with Crippen molar-refractivity contribution in [2.45, 2.75) is 44.3 Å². The Bertz CT molecular complexity index is 555. The number of benzene rings is 1. The topological polar surface area (TPSA) is 46.2 Å². The minimum Gasteiger partial charge on any atom is -0.286 e. The van der Waals surface area contributed by atoms with E-state index < -0.39 is 0 Å². The quantitative estimate of drug-likeness (QED) is 0.851. The number of hydrogen-bond donors (Lipinski definition) is 1. The number of nitrogens with one attached hydrogen (secondary N) is 1. The van der Waals surface area contributed by atoms with Crippen LogP contribution in [0.1, 0.15) is 36.5 Å². The van der Waals surface area contributed by atoms with Crippen LogP contribution in [0.15, 0.2) is 18.2 Å². The van der Waals surface area contributed by atoms with E-state index in [1.807, 2.05) is 0 Å². The third-order valence-electron chi connectivity index (χ3n) is 4.17. The monoisotopic (exact) mass is 289 g/mol. The first-order valence-electron chi connectivity index (χ1n) is 7.24. The average Bonchev–Trinajstić information content (AvgIpc) is 2.59. The average molecular weight is 289 g/mol. The number of hydrogen-bond acceptors (Lipinski definition) is 3. The molecule has 106 valence electrons. The van der Waals surface area contributed by atoms with E-state index in [4.69, 9.17) is 0 Å². The van der Waals surface area contributed by atoms with Crippen LogP contribution in [0, 0.1) is 5.92 Å². The molecule has 2 atom stereocenters. The zero-order valence-corrected chi connectivity index (χ0v) is 12.5. The maximum absolute atomic E-state index is 11.6. The molecule has 1 N–H and O–H groups in total. The number of rotatable bonds is 2. The van der Waals surface area contributed by atoms with E-state index in [0.29, 0.717) is 6.42 Å². The highest BCUT2D eigenvalue weighted by atomic mass is 32.2. The Morgan fingerprint density at radius 3 is 2.90 bits per heavy atom. The van der Waals surface area contributed by atoms with Gasteiger partial charge in [0.2, 0.25) is 5.91 Å². The number of amides is 2. The number of thioether (sulfide) groups is 1. The van der Waals surface area contributed by atoms with Crippen molar-refractivity contribution in [2.75, 3.05) is 0 Å². The largest absolute Gasteiger partial charge is 0.286 e. The summed E-state index contributed by atoms with van der Waals surface area (Å²) in [6, 6.07) is 6.57. The normalized spacial score (nSPS) is 26.1. The Morgan fingerprint density at radius 2 is 2.15 bits per heavy atom. The fourth-order valence-corrected chi connectivity index (χ4v) is 3.96. The highest BCUT2D eigenvalue weighted by Gasteiger charge is 2.31. The van der Waals surface area contributed by atoms with Crippen molar-refractivity contribution < 1.29 is 9.59 Å². The van der Waals surface area contributed by atoms with Crippen LogP contribution in [0.2, 0.25) is 0 Å². The molecule has 0 saturated carbocycles. The van der Waals surface area contributed by atoms with Crippen LogP contribution in [-0.2, 0) is 24.1 Å². The standard InChI is InChI=1S/C16H19NO2S/c1-10-3-2-4-12-8-11(5-6-13(12)7-10)9-14-15(18)17-16(19)20-14/h5-6,8,10,14H,2-4,7,9H2,1H3,(H,17,18,19). The lowest BCUT2D eigenvalue weighted by Gasteiger charge is -2.11. The second-order valence-corrected chi connectivity index (χ2v) is 7.07. The number of carbonyl (C=O) groups is 2. The summed E-state index contributed by atoms with van der Waals surface area (Å²) in [4.78, 5) is 22.8. The molecule has 20 heavy (non-hydrogen) atoms. The molecule has 0 aromatic heterocycles. The molecule has 1 aliphatic carbocycles. The van der Waals surface area contributed by atoms with Gasteiger partial charge in [-0.3, -0.25) is 14.9 Å². The summed E-state index contributed by atoms with van der Waals surface area (Å²) < 4.78 is 0. The van der Waals surface area contributed by atoms with Gasteiger partial charge in [0.05, 0.1) is 5.25 Å². The van der Waals surface area contributed by atoms with Gasteiger partial charge in [-0.25, -0.2) is 0 Å². The van der Waals surface area contributed by atoms with Crippen molar-refractivity contribution >= 4 is 22.9 Å². The predicted octanol–water partition coefficient (Wildman–Crippen LogP) is 3.10. The summed E-state index contributed by atoms with van der Waals surface area (Å²) in [5, 5.41) is 1.87. The Kier molecular flexibility index (Phi) is 3.83. The van der Waals surface area contributed by atoms with Crippen molar-refractivity contribution in [3.05, 3.63) is 34.9 Å². The Balaban J connectivity index is 1.77. The SMILES string of the molecule is CC1CCCc2cc(CC3SC(=O)NC3=O)ccc2C1. The van der Waals surface area contributed by atoms with E-state index in [0.717, 1.165) is 30.5 Å². The maximum atomic E-state index is 11.6. The second kappa shape index (κ2) is 5.60. The fourth-order valence-electron chi connectivity index (χ4n) is 3.10. The van der Waals surface area contributed by atoms with Gasteiger partial charge in [-0.15, -0.1) is 0 Å². The number of aryl methyl sites for hydroxylation is 1. The molecular formula is C16H19NO2S. The highest BCUT2D eigenvalue weighted by Crippen LogP contribution is 2.28. The molecule has 1 aromatic rings. The lowest BCUT2D eigenvalue weighted by molar-refractivity contribution is -0.118. The Labute approximate surface area is 123 Å². The molecule has 0 radical (unpaired) electrons. The summed E-state index contributed by atoms with van der Waals surface area (Å²) in [6.07, 6.45) is 5.47. The zero-order chi connectivity index (χ0) is 14.1. The van der Waals surface area contributed by atoms with Gasteiger partial charge in [-0.2, -0.15) is 0 Å². The summed E-state index contributed by atoms with van der Waals surface area (Å²) in [6.45, 7) is 2.31. The van der Waals surface area contributed by atoms with Crippen LogP contribution in [-0.4, -0.2) is 16.4 Å². The smallest absolute Gasteiger partial charge is 0.286 e. The molecule has 0 bridgehead atoms. The molecule has 1 aliphatic heterocycles. The molecule has 3 rings (SSSR count). The fraction of sp³-hybridized carbons (Fsp3) is 0.500. The number of carbonyl (C=O) groups excluding carboxylic acids is 2. The second-order valence-electron chi connectivity index (χ2n) is 5.89.